The van der Waals surface area contributed by atoms with E-state index in [4.69, 9.17) is 9.72 Å². The third-order valence-electron chi connectivity index (χ3n) is 4.61. The lowest BCUT2D eigenvalue weighted by molar-refractivity contribution is 0.199. The van der Waals surface area contributed by atoms with Gasteiger partial charge in [0.25, 0.3) is 0 Å². The number of ether oxygens (including phenoxy) is 1. The fraction of sp³-hybridized carbons (Fsp3) is 0.444. The Labute approximate surface area is 145 Å². The van der Waals surface area contributed by atoms with Gasteiger partial charge < -0.3 is 15.0 Å². The number of aryl methyl sites for hydroxylation is 2. The summed E-state index contributed by atoms with van der Waals surface area (Å²) in [4.78, 5) is 20.3. The average molecular weight is 343 g/mol. The molecule has 0 saturated heterocycles. The summed E-state index contributed by atoms with van der Waals surface area (Å²) in [6, 6.07) is 7.68. The van der Waals surface area contributed by atoms with E-state index in [1.165, 1.54) is 23.4 Å². The number of hydrogen-bond acceptors (Lipinski definition) is 4. The van der Waals surface area contributed by atoms with Gasteiger partial charge in [0.2, 0.25) is 0 Å². The molecule has 2 aromatic rings. The summed E-state index contributed by atoms with van der Waals surface area (Å²) in [6.07, 6.45) is 4.71. The molecule has 1 aliphatic carbocycles. The maximum absolute atomic E-state index is 12.5. The van der Waals surface area contributed by atoms with E-state index in [0.29, 0.717) is 13.2 Å². The Morgan fingerprint density at radius 1 is 1.38 bits per heavy atom. The molecule has 6 heteroatoms. The molecule has 1 N–H and O–H groups in total. The number of rotatable bonds is 3. The van der Waals surface area contributed by atoms with Crippen molar-refractivity contribution >= 4 is 17.4 Å². The van der Waals surface area contributed by atoms with E-state index < -0.39 is 0 Å². The summed E-state index contributed by atoms with van der Waals surface area (Å²) >= 11 is 1.75. The molecule has 0 saturated carbocycles. The molecule has 1 aromatic heterocycles. The van der Waals surface area contributed by atoms with Crippen molar-refractivity contribution in [2.45, 2.75) is 38.3 Å². The molecule has 5 nitrogen and oxygen atoms in total. The SMILES string of the molecule is CN(Cc1nc2c(s1)CCCC2)C(=O)NC1COc2ccccc21. The van der Waals surface area contributed by atoms with Crippen molar-refractivity contribution < 1.29 is 9.53 Å². The first-order valence-corrected chi connectivity index (χ1v) is 9.23. The number of nitrogens with one attached hydrogen (secondary N) is 1. The van der Waals surface area contributed by atoms with Crippen molar-refractivity contribution in [3.05, 3.63) is 45.4 Å². The Morgan fingerprint density at radius 3 is 3.08 bits per heavy atom. The summed E-state index contributed by atoms with van der Waals surface area (Å²) in [6.45, 7) is 1.04. The highest BCUT2D eigenvalue weighted by molar-refractivity contribution is 7.11. The highest BCUT2D eigenvalue weighted by Crippen LogP contribution is 2.32. The monoisotopic (exact) mass is 343 g/mol. The summed E-state index contributed by atoms with van der Waals surface area (Å²) in [5.74, 6) is 0.859. The minimum atomic E-state index is -0.0894. The number of carbonyl (C=O) groups is 1. The molecule has 1 atom stereocenters. The lowest BCUT2D eigenvalue weighted by atomic mass is 10.0. The summed E-state index contributed by atoms with van der Waals surface area (Å²) < 4.78 is 5.62. The summed E-state index contributed by atoms with van der Waals surface area (Å²) in [5.41, 5.74) is 2.29. The van der Waals surface area contributed by atoms with Crippen LogP contribution in [-0.2, 0) is 19.4 Å². The Morgan fingerprint density at radius 2 is 2.21 bits per heavy atom. The second-order valence-electron chi connectivity index (χ2n) is 6.39. The normalized spacial score (nSPS) is 18.5. The van der Waals surface area contributed by atoms with Crippen LogP contribution in [0.25, 0.3) is 0 Å². The number of para-hydroxylation sites is 1. The van der Waals surface area contributed by atoms with Crippen LogP contribution in [0, 0.1) is 0 Å². The molecular weight excluding hydrogens is 322 g/mol. The van der Waals surface area contributed by atoms with Crippen LogP contribution in [0.1, 0.15) is 40.0 Å². The van der Waals surface area contributed by atoms with E-state index in [1.807, 2.05) is 31.3 Å². The molecule has 2 amide bonds. The van der Waals surface area contributed by atoms with Crippen molar-refractivity contribution in [3.63, 3.8) is 0 Å². The van der Waals surface area contributed by atoms with Gasteiger partial charge in [-0.25, -0.2) is 9.78 Å². The van der Waals surface area contributed by atoms with E-state index in [2.05, 4.69) is 5.32 Å². The lowest BCUT2D eigenvalue weighted by Crippen LogP contribution is -2.39. The van der Waals surface area contributed by atoms with E-state index in [0.717, 1.165) is 29.2 Å². The van der Waals surface area contributed by atoms with Crippen LogP contribution < -0.4 is 10.1 Å². The molecular formula is C18H21N3O2S. The molecule has 2 heterocycles. The average Bonchev–Trinajstić information content (AvgIpc) is 3.18. The Kier molecular flexibility index (Phi) is 4.14. The molecule has 1 aromatic carbocycles. The van der Waals surface area contributed by atoms with Crippen molar-refractivity contribution in [2.24, 2.45) is 0 Å². The van der Waals surface area contributed by atoms with Gasteiger partial charge in [0.15, 0.2) is 0 Å². The van der Waals surface area contributed by atoms with Gasteiger partial charge in [-0.15, -0.1) is 11.3 Å². The van der Waals surface area contributed by atoms with Crippen molar-refractivity contribution in [3.8, 4) is 5.75 Å². The molecule has 0 radical (unpaired) electrons. The first-order chi connectivity index (χ1) is 11.7. The molecule has 1 unspecified atom stereocenters. The van der Waals surface area contributed by atoms with E-state index >= 15 is 0 Å². The Balaban J connectivity index is 1.39. The van der Waals surface area contributed by atoms with Crippen molar-refractivity contribution in [1.29, 1.82) is 0 Å². The number of hydrogen-bond donors (Lipinski definition) is 1. The number of thiazole rings is 1. The first kappa shape index (κ1) is 15.4. The molecule has 126 valence electrons. The number of carbonyl (C=O) groups excluding carboxylic acids is 1. The highest BCUT2D eigenvalue weighted by atomic mass is 32.1. The van der Waals surface area contributed by atoms with Gasteiger partial charge in [-0.05, 0) is 31.7 Å². The highest BCUT2D eigenvalue weighted by Gasteiger charge is 2.26. The molecule has 2 aliphatic rings. The zero-order chi connectivity index (χ0) is 16.5. The molecule has 0 fully saturated rings. The minimum absolute atomic E-state index is 0.0827. The minimum Gasteiger partial charge on any atom is -0.491 e. The molecule has 4 rings (SSSR count). The third kappa shape index (κ3) is 2.98. The fourth-order valence-corrected chi connectivity index (χ4v) is 4.50. The van der Waals surface area contributed by atoms with Gasteiger partial charge >= 0.3 is 6.03 Å². The standard InChI is InChI=1S/C18H21N3O2S/c1-21(10-17-19-13-7-3-5-9-16(13)24-17)18(22)20-14-11-23-15-8-4-2-6-12(14)15/h2,4,6,8,14H,3,5,7,9-11H2,1H3,(H,20,22). The molecule has 0 spiro atoms. The first-order valence-electron chi connectivity index (χ1n) is 8.41. The fourth-order valence-electron chi connectivity index (χ4n) is 3.29. The summed E-state index contributed by atoms with van der Waals surface area (Å²) in [5, 5.41) is 4.09. The van der Waals surface area contributed by atoms with Crippen LogP contribution in [0.15, 0.2) is 24.3 Å². The zero-order valence-corrected chi connectivity index (χ0v) is 14.6. The van der Waals surface area contributed by atoms with Gasteiger partial charge in [0.05, 0.1) is 18.3 Å². The predicted octanol–water partition coefficient (Wildman–Crippen LogP) is 3.30. The van der Waals surface area contributed by atoms with E-state index in [9.17, 15) is 4.79 Å². The van der Waals surface area contributed by atoms with Crippen LogP contribution in [0.2, 0.25) is 0 Å². The summed E-state index contributed by atoms with van der Waals surface area (Å²) in [7, 11) is 1.82. The number of nitrogens with zero attached hydrogens (tertiary/aromatic N) is 2. The number of aromatic nitrogens is 1. The van der Waals surface area contributed by atoms with E-state index in [1.54, 1.807) is 16.2 Å². The van der Waals surface area contributed by atoms with Gasteiger partial charge in [0, 0.05) is 17.5 Å². The van der Waals surface area contributed by atoms with Gasteiger partial charge in [0.1, 0.15) is 17.4 Å². The topological polar surface area (TPSA) is 54.5 Å². The van der Waals surface area contributed by atoms with Gasteiger partial charge in [-0.3, -0.25) is 0 Å². The van der Waals surface area contributed by atoms with Crippen LogP contribution >= 0.6 is 11.3 Å². The molecule has 0 bridgehead atoms. The maximum atomic E-state index is 12.5. The quantitative estimate of drug-likeness (QED) is 0.930. The Hall–Kier alpha value is -2.08. The van der Waals surface area contributed by atoms with Crippen LogP contribution in [0.4, 0.5) is 4.79 Å². The van der Waals surface area contributed by atoms with Crippen molar-refractivity contribution in [2.75, 3.05) is 13.7 Å². The van der Waals surface area contributed by atoms with Crippen molar-refractivity contribution in [1.82, 2.24) is 15.2 Å². The van der Waals surface area contributed by atoms with E-state index in [-0.39, 0.29) is 12.1 Å². The zero-order valence-electron chi connectivity index (χ0n) is 13.7. The molecule has 24 heavy (non-hydrogen) atoms. The van der Waals surface area contributed by atoms with Gasteiger partial charge in [-0.1, -0.05) is 18.2 Å². The largest absolute Gasteiger partial charge is 0.491 e. The maximum Gasteiger partial charge on any atom is 0.318 e. The second-order valence-corrected chi connectivity index (χ2v) is 7.56. The molecule has 1 aliphatic heterocycles. The van der Waals surface area contributed by atoms with Crippen LogP contribution in [0.3, 0.4) is 0 Å². The number of amides is 2. The van der Waals surface area contributed by atoms with Crippen LogP contribution in [0.5, 0.6) is 5.75 Å². The lowest BCUT2D eigenvalue weighted by Gasteiger charge is -2.19. The predicted molar refractivity (Wildman–Crippen MR) is 93.4 cm³/mol. The smallest absolute Gasteiger partial charge is 0.318 e. The second kappa shape index (κ2) is 6.43. The van der Waals surface area contributed by atoms with Crippen LogP contribution in [-0.4, -0.2) is 29.6 Å². The van der Waals surface area contributed by atoms with Gasteiger partial charge in [-0.2, -0.15) is 0 Å². The number of benzene rings is 1. The third-order valence-corrected chi connectivity index (χ3v) is 5.75. The Bertz CT molecular complexity index is 735. The number of urea groups is 1. The number of fused-ring (bicyclic) bond motifs is 2.